The third-order valence-electron chi connectivity index (χ3n) is 4.20. The molecule has 0 atom stereocenters. The minimum absolute atomic E-state index is 0.0587. The fourth-order valence-corrected chi connectivity index (χ4v) is 3.79. The molecular formula is C19H31N3O5S. The van der Waals surface area contributed by atoms with Gasteiger partial charge >= 0.3 is 12.0 Å². The van der Waals surface area contributed by atoms with Gasteiger partial charge in [-0.2, -0.15) is 0 Å². The van der Waals surface area contributed by atoms with E-state index in [-0.39, 0.29) is 21.3 Å². The topological polar surface area (TPSA) is 117 Å². The largest absolute Gasteiger partial charge is 0.478 e. The Bertz CT molecular complexity index is 660. The molecule has 4 N–H and O–H groups in total. The smallest absolute Gasteiger partial charge is 0.339 e. The van der Waals surface area contributed by atoms with E-state index in [1.54, 1.807) is 6.92 Å². The number of methoxy groups -OCH3 is 1. The van der Waals surface area contributed by atoms with Crippen LogP contribution in [0.15, 0.2) is 0 Å². The molecule has 0 bridgehead atoms. The molecule has 0 saturated heterocycles. The van der Waals surface area contributed by atoms with Crippen LogP contribution in [0.25, 0.3) is 0 Å². The summed E-state index contributed by atoms with van der Waals surface area (Å²) in [5.74, 6) is -1.57. The predicted octanol–water partition coefficient (Wildman–Crippen LogP) is 3.61. The zero-order valence-electron chi connectivity index (χ0n) is 16.9. The van der Waals surface area contributed by atoms with E-state index in [2.05, 4.69) is 22.9 Å². The van der Waals surface area contributed by atoms with E-state index in [1.807, 2.05) is 0 Å². The highest BCUT2D eigenvalue weighted by Crippen LogP contribution is 2.33. The number of carboxylic acid groups (broad SMARTS) is 1. The van der Waals surface area contributed by atoms with E-state index in [4.69, 9.17) is 4.74 Å². The highest BCUT2D eigenvalue weighted by atomic mass is 32.1. The molecule has 1 aromatic heterocycles. The van der Waals surface area contributed by atoms with Gasteiger partial charge in [0.25, 0.3) is 5.91 Å². The summed E-state index contributed by atoms with van der Waals surface area (Å²) in [6, 6.07) is -0.469. The molecule has 0 radical (unpaired) electrons. The van der Waals surface area contributed by atoms with Gasteiger partial charge in [0.05, 0.1) is 17.0 Å². The van der Waals surface area contributed by atoms with Gasteiger partial charge in [-0.1, -0.05) is 39.0 Å². The van der Waals surface area contributed by atoms with E-state index in [0.29, 0.717) is 25.3 Å². The van der Waals surface area contributed by atoms with E-state index >= 15 is 0 Å². The quantitative estimate of drug-likeness (QED) is 0.369. The van der Waals surface area contributed by atoms with Crippen molar-refractivity contribution in [3.05, 3.63) is 16.0 Å². The number of ether oxygens (including phenoxy) is 1. The highest BCUT2D eigenvalue weighted by molar-refractivity contribution is 7.18. The Labute approximate surface area is 170 Å². The third-order valence-corrected chi connectivity index (χ3v) is 5.41. The molecule has 28 heavy (non-hydrogen) atoms. The Morgan fingerprint density at radius 1 is 1.04 bits per heavy atom. The van der Waals surface area contributed by atoms with Crippen molar-refractivity contribution in [1.82, 2.24) is 10.6 Å². The first kappa shape index (κ1) is 23.9. The Balaban J connectivity index is 2.63. The number of urea groups is 1. The Morgan fingerprint density at radius 3 is 2.36 bits per heavy atom. The van der Waals surface area contributed by atoms with Crippen LogP contribution in [0.1, 0.15) is 71.0 Å². The van der Waals surface area contributed by atoms with Gasteiger partial charge in [-0.15, -0.1) is 11.3 Å². The molecule has 0 aliphatic rings. The van der Waals surface area contributed by atoms with Gasteiger partial charge in [0.2, 0.25) is 0 Å². The van der Waals surface area contributed by atoms with Crippen molar-refractivity contribution in [2.24, 2.45) is 0 Å². The summed E-state index contributed by atoms with van der Waals surface area (Å²) < 4.78 is 4.88. The van der Waals surface area contributed by atoms with Crippen LogP contribution in [-0.2, 0) is 4.74 Å². The first-order valence-electron chi connectivity index (χ1n) is 9.61. The van der Waals surface area contributed by atoms with Crippen molar-refractivity contribution in [3.63, 3.8) is 0 Å². The number of amides is 3. The van der Waals surface area contributed by atoms with Gasteiger partial charge in [0.1, 0.15) is 5.00 Å². The molecule has 0 fully saturated rings. The average Bonchev–Trinajstić information content (AvgIpc) is 2.97. The number of aromatic carboxylic acids is 1. The fourth-order valence-electron chi connectivity index (χ4n) is 2.68. The lowest BCUT2D eigenvalue weighted by atomic mass is 10.1. The number of unbranched alkanes of at least 4 members (excludes halogenated alkanes) is 5. The predicted molar refractivity (Wildman–Crippen MR) is 111 cm³/mol. The second kappa shape index (κ2) is 13.1. The van der Waals surface area contributed by atoms with Crippen LogP contribution in [0.3, 0.4) is 0 Å². The van der Waals surface area contributed by atoms with E-state index < -0.39 is 12.0 Å². The lowest BCUT2D eigenvalue weighted by molar-refractivity contribution is 0.0697. The number of carbonyl (C=O) groups excluding carboxylic acids is 2. The maximum Gasteiger partial charge on any atom is 0.339 e. The summed E-state index contributed by atoms with van der Waals surface area (Å²) in [5.41, 5.74) is 0.273. The molecular weight excluding hydrogens is 382 g/mol. The van der Waals surface area contributed by atoms with Crippen LogP contribution in [-0.4, -0.2) is 49.8 Å². The second-order valence-corrected chi connectivity index (χ2v) is 7.48. The number of nitrogens with one attached hydrogen (secondary N) is 3. The maximum atomic E-state index is 12.3. The summed E-state index contributed by atoms with van der Waals surface area (Å²) in [7, 11) is 1.52. The zero-order chi connectivity index (χ0) is 20.9. The lowest BCUT2D eigenvalue weighted by Gasteiger charge is -2.07. The van der Waals surface area contributed by atoms with Gasteiger partial charge in [-0.3, -0.25) is 10.1 Å². The summed E-state index contributed by atoms with van der Waals surface area (Å²) in [5, 5.41) is 17.6. The first-order valence-corrected chi connectivity index (χ1v) is 10.4. The minimum atomic E-state index is -1.18. The molecule has 3 amide bonds. The maximum absolute atomic E-state index is 12.3. The van der Waals surface area contributed by atoms with Gasteiger partial charge in [0.15, 0.2) is 0 Å². The molecule has 158 valence electrons. The molecule has 1 heterocycles. The molecule has 0 saturated carbocycles. The van der Waals surface area contributed by atoms with Crippen LogP contribution in [0.5, 0.6) is 0 Å². The van der Waals surface area contributed by atoms with E-state index in [0.717, 1.165) is 30.6 Å². The number of rotatable bonds is 13. The van der Waals surface area contributed by atoms with Gasteiger partial charge < -0.3 is 20.5 Å². The van der Waals surface area contributed by atoms with Crippen LogP contribution < -0.4 is 16.0 Å². The Kier molecular flexibility index (Phi) is 11.2. The van der Waals surface area contributed by atoms with Gasteiger partial charge in [-0.05, 0) is 18.9 Å². The first-order chi connectivity index (χ1) is 13.4. The number of thiophene rings is 1. The van der Waals surface area contributed by atoms with Crippen molar-refractivity contribution in [2.45, 2.75) is 52.4 Å². The second-order valence-electron chi connectivity index (χ2n) is 6.46. The Morgan fingerprint density at radius 2 is 1.71 bits per heavy atom. The molecule has 0 spiro atoms. The monoisotopic (exact) mass is 413 g/mol. The van der Waals surface area contributed by atoms with Crippen molar-refractivity contribution in [3.8, 4) is 0 Å². The van der Waals surface area contributed by atoms with Crippen LogP contribution in [0.4, 0.5) is 9.80 Å². The molecule has 8 nitrogen and oxygen atoms in total. The number of hydrogen-bond donors (Lipinski definition) is 4. The van der Waals surface area contributed by atoms with Crippen molar-refractivity contribution in [2.75, 3.05) is 32.1 Å². The molecule has 0 aromatic carbocycles. The Hall–Kier alpha value is -2.13. The third kappa shape index (κ3) is 7.85. The number of hydrogen-bond acceptors (Lipinski definition) is 5. The van der Waals surface area contributed by atoms with Crippen LogP contribution >= 0.6 is 11.3 Å². The van der Waals surface area contributed by atoms with Crippen LogP contribution in [0, 0.1) is 6.92 Å². The summed E-state index contributed by atoms with van der Waals surface area (Å²) in [6.45, 7) is 4.92. The standard InChI is InChI=1S/C19H31N3O5S/c1-4-5-6-7-8-9-10-21-19(26)22-17-14(18(24)25)13(2)15(28-17)16(23)20-11-12-27-3/h4-12H2,1-3H3,(H,20,23)(H,24,25)(H2,21,22,26). The average molecular weight is 414 g/mol. The molecule has 0 aliphatic carbocycles. The zero-order valence-corrected chi connectivity index (χ0v) is 17.7. The highest BCUT2D eigenvalue weighted by Gasteiger charge is 2.25. The number of anilines is 1. The molecule has 1 rings (SSSR count). The van der Waals surface area contributed by atoms with E-state index in [9.17, 15) is 19.5 Å². The van der Waals surface area contributed by atoms with Gasteiger partial charge in [-0.25, -0.2) is 9.59 Å². The van der Waals surface area contributed by atoms with Crippen LogP contribution in [0.2, 0.25) is 0 Å². The van der Waals surface area contributed by atoms with Crippen molar-refractivity contribution < 1.29 is 24.2 Å². The molecule has 0 unspecified atom stereocenters. The fraction of sp³-hybridized carbons (Fsp3) is 0.632. The van der Waals surface area contributed by atoms with Crippen molar-refractivity contribution in [1.29, 1.82) is 0 Å². The summed E-state index contributed by atoms with van der Waals surface area (Å²) >= 11 is 0.956. The van der Waals surface area contributed by atoms with Gasteiger partial charge in [0, 0.05) is 20.2 Å². The number of carboxylic acids is 1. The SMILES string of the molecule is CCCCCCCCNC(=O)Nc1sc(C(=O)NCCOC)c(C)c1C(=O)O. The van der Waals surface area contributed by atoms with Crippen molar-refractivity contribution >= 4 is 34.2 Å². The normalized spacial score (nSPS) is 10.5. The summed E-state index contributed by atoms with van der Waals surface area (Å²) in [6.07, 6.45) is 6.69. The lowest BCUT2D eigenvalue weighted by Crippen LogP contribution is -2.29. The summed E-state index contributed by atoms with van der Waals surface area (Å²) in [4.78, 5) is 36.2. The van der Waals surface area contributed by atoms with E-state index in [1.165, 1.54) is 26.4 Å². The minimum Gasteiger partial charge on any atom is -0.478 e. The number of carbonyl (C=O) groups is 3. The molecule has 1 aromatic rings. The molecule has 0 aliphatic heterocycles. The molecule has 9 heteroatoms.